The zero-order valence-corrected chi connectivity index (χ0v) is 12.7. The van der Waals surface area contributed by atoms with Crippen molar-refractivity contribution in [3.8, 4) is 11.4 Å². The predicted molar refractivity (Wildman–Crippen MR) is 81.6 cm³/mol. The molecule has 0 amide bonds. The number of aromatic nitrogens is 2. The lowest BCUT2D eigenvalue weighted by atomic mass is 10.1. The van der Waals surface area contributed by atoms with Gasteiger partial charge >= 0.3 is 0 Å². The standard InChI is InChI=1S/C16H20FN3O/c1-10-7-11(5-6-13(10)17)15-19-12(8-14(21)20-15)9-18-16(2,3)4/h5-8,18H,9H2,1-4H3,(H,19,20,21). The molecule has 0 bridgehead atoms. The first-order chi connectivity index (χ1) is 9.74. The monoisotopic (exact) mass is 289 g/mol. The molecule has 4 nitrogen and oxygen atoms in total. The molecular weight excluding hydrogens is 269 g/mol. The normalized spacial score (nSPS) is 11.7. The van der Waals surface area contributed by atoms with Crippen molar-refractivity contribution in [2.45, 2.75) is 39.8 Å². The molecule has 0 saturated heterocycles. The van der Waals surface area contributed by atoms with Crippen molar-refractivity contribution < 1.29 is 4.39 Å². The maximum absolute atomic E-state index is 13.3. The molecule has 0 saturated carbocycles. The molecule has 2 N–H and O–H groups in total. The minimum atomic E-state index is -0.272. The van der Waals surface area contributed by atoms with E-state index in [0.29, 0.717) is 29.2 Å². The number of nitrogens with one attached hydrogen (secondary N) is 2. The fourth-order valence-electron chi connectivity index (χ4n) is 1.88. The summed E-state index contributed by atoms with van der Waals surface area (Å²) in [7, 11) is 0. The average Bonchev–Trinajstić information content (AvgIpc) is 2.38. The lowest BCUT2D eigenvalue weighted by Gasteiger charge is -2.20. The van der Waals surface area contributed by atoms with Crippen LogP contribution in [-0.2, 0) is 6.54 Å². The molecule has 0 radical (unpaired) electrons. The molecule has 0 fully saturated rings. The summed E-state index contributed by atoms with van der Waals surface area (Å²) in [4.78, 5) is 18.9. The van der Waals surface area contributed by atoms with E-state index >= 15 is 0 Å². The summed E-state index contributed by atoms with van der Waals surface area (Å²) in [6, 6.07) is 6.14. The van der Waals surface area contributed by atoms with E-state index in [2.05, 4.69) is 15.3 Å². The van der Waals surface area contributed by atoms with Gasteiger partial charge in [0.1, 0.15) is 11.6 Å². The van der Waals surface area contributed by atoms with Gasteiger partial charge in [-0.25, -0.2) is 9.37 Å². The van der Waals surface area contributed by atoms with Gasteiger partial charge in [0, 0.05) is 23.7 Å². The highest BCUT2D eigenvalue weighted by atomic mass is 19.1. The van der Waals surface area contributed by atoms with Crippen molar-refractivity contribution in [2.24, 2.45) is 0 Å². The van der Waals surface area contributed by atoms with Crippen molar-refractivity contribution in [1.29, 1.82) is 0 Å². The summed E-state index contributed by atoms with van der Waals surface area (Å²) in [5.41, 5.74) is 1.60. The fraction of sp³-hybridized carbons (Fsp3) is 0.375. The van der Waals surface area contributed by atoms with Gasteiger partial charge in [-0.15, -0.1) is 0 Å². The van der Waals surface area contributed by atoms with Crippen LogP contribution in [0.15, 0.2) is 29.1 Å². The third-order valence-corrected chi connectivity index (χ3v) is 3.03. The van der Waals surface area contributed by atoms with Gasteiger partial charge in [-0.05, 0) is 51.5 Å². The van der Waals surface area contributed by atoms with Crippen LogP contribution in [-0.4, -0.2) is 15.5 Å². The second-order valence-corrected chi connectivity index (χ2v) is 6.15. The van der Waals surface area contributed by atoms with Crippen molar-refractivity contribution in [2.75, 3.05) is 0 Å². The van der Waals surface area contributed by atoms with Gasteiger partial charge in [-0.3, -0.25) is 4.79 Å². The van der Waals surface area contributed by atoms with Gasteiger partial charge < -0.3 is 10.3 Å². The summed E-state index contributed by atoms with van der Waals surface area (Å²) in [5.74, 6) is 0.183. The molecule has 1 heterocycles. The molecule has 2 rings (SSSR count). The van der Waals surface area contributed by atoms with E-state index in [1.54, 1.807) is 19.1 Å². The Kier molecular flexibility index (Phi) is 4.23. The van der Waals surface area contributed by atoms with E-state index in [-0.39, 0.29) is 16.9 Å². The number of halogens is 1. The zero-order valence-electron chi connectivity index (χ0n) is 12.7. The number of aromatic amines is 1. The van der Waals surface area contributed by atoms with Gasteiger partial charge in [0.2, 0.25) is 0 Å². The summed E-state index contributed by atoms with van der Waals surface area (Å²) in [6.07, 6.45) is 0. The minimum Gasteiger partial charge on any atom is -0.307 e. The molecule has 0 aliphatic rings. The van der Waals surface area contributed by atoms with Crippen LogP contribution in [0.5, 0.6) is 0 Å². The van der Waals surface area contributed by atoms with Crippen LogP contribution in [0.4, 0.5) is 4.39 Å². The lowest BCUT2D eigenvalue weighted by molar-refractivity contribution is 0.421. The van der Waals surface area contributed by atoms with Crippen LogP contribution in [0, 0.1) is 12.7 Å². The number of hydrogen-bond acceptors (Lipinski definition) is 3. The number of nitrogens with zero attached hydrogens (tertiary/aromatic N) is 1. The molecule has 0 spiro atoms. The third kappa shape index (κ3) is 4.23. The Morgan fingerprint density at radius 1 is 1.29 bits per heavy atom. The van der Waals surface area contributed by atoms with Crippen LogP contribution in [0.2, 0.25) is 0 Å². The minimum absolute atomic E-state index is 0.0586. The largest absolute Gasteiger partial charge is 0.307 e. The molecular formula is C16H20FN3O. The quantitative estimate of drug-likeness (QED) is 0.913. The summed E-state index contributed by atoms with van der Waals surface area (Å²) in [5, 5.41) is 3.29. The van der Waals surface area contributed by atoms with E-state index in [1.807, 2.05) is 20.8 Å². The smallest absolute Gasteiger partial charge is 0.251 e. The van der Waals surface area contributed by atoms with Crippen molar-refractivity contribution >= 4 is 0 Å². The Morgan fingerprint density at radius 2 is 2.00 bits per heavy atom. The fourth-order valence-corrected chi connectivity index (χ4v) is 1.88. The van der Waals surface area contributed by atoms with Crippen molar-refractivity contribution in [3.05, 3.63) is 51.7 Å². The summed E-state index contributed by atoms with van der Waals surface area (Å²) >= 11 is 0. The lowest BCUT2D eigenvalue weighted by Crippen LogP contribution is -2.35. The highest BCUT2D eigenvalue weighted by Gasteiger charge is 2.11. The van der Waals surface area contributed by atoms with Crippen molar-refractivity contribution in [1.82, 2.24) is 15.3 Å². The van der Waals surface area contributed by atoms with Crippen LogP contribution in [0.1, 0.15) is 32.0 Å². The molecule has 2 aromatic rings. The van der Waals surface area contributed by atoms with E-state index in [1.165, 1.54) is 12.1 Å². The van der Waals surface area contributed by atoms with Gasteiger partial charge in [-0.1, -0.05) is 0 Å². The maximum Gasteiger partial charge on any atom is 0.251 e. The van der Waals surface area contributed by atoms with Gasteiger partial charge in [-0.2, -0.15) is 0 Å². The number of H-pyrrole nitrogens is 1. The van der Waals surface area contributed by atoms with Crippen LogP contribution < -0.4 is 10.9 Å². The van der Waals surface area contributed by atoms with E-state index in [4.69, 9.17) is 0 Å². The Hall–Kier alpha value is -2.01. The second-order valence-electron chi connectivity index (χ2n) is 6.15. The predicted octanol–water partition coefficient (Wildman–Crippen LogP) is 2.77. The van der Waals surface area contributed by atoms with Gasteiger partial charge in [0.25, 0.3) is 5.56 Å². The van der Waals surface area contributed by atoms with E-state index in [0.717, 1.165) is 0 Å². The SMILES string of the molecule is Cc1cc(-c2nc(CNC(C)(C)C)cc(=O)[nH]2)ccc1F. The van der Waals surface area contributed by atoms with E-state index < -0.39 is 0 Å². The Labute approximate surface area is 123 Å². The topological polar surface area (TPSA) is 57.8 Å². The summed E-state index contributed by atoms with van der Waals surface area (Å²) in [6.45, 7) is 8.32. The van der Waals surface area contributed by atoms with Crippen LogP contribution in [0.3, 0.4) is 0 Å². The number of benzene rings is 1. The van der Waals surface area contributed by atoms with Crippen LogP contribution in [0.25, 0.3) is 11.4 Å². The molecule has 0 unspecified atom stereocenters. The number of rotatable bonds is 3. The third-order valence-electron chi connectivity index (χ3n) is 3.03. The first-order valence-corrected chi connectivity index (χ1v) is 6.86. The first kappa shape index (κ1) is 15.4. The van der Waals surface area contributed by atoms with Crippen molar-refractivity contribution in [3.63, 3.8) is 0 Å². The molecule has 1 aromatic heterocycles. The van der Waals surface area contributed by atoms with Gasteiger partial charge in [0.15, 0.2) is 0 Å². The Bertz CT molecular complexity index is 701. The number of aryl methyl sites for hydroxylation is 1. The van der Waals surface area contributed by atoms with E-state index in [9.17, 15) is 9.18 Å². The molecule has 0 aliphatic heterocycles. The van der Waals surface area contributed by atoms with Gasteiger partial charge in [0.05, 0.1) is 5.69 Å². The molecule has 0 aliphatic carbocycles. The maximum atomic E-state index is 13.3. The second kappa shape index (κ2) is 5.77. The molecule has 5 heteroatoms. The molecule has 1 aromatic carbocycles. The first-order valence-electron chi connectivity index (χ1n) is 6.86. The number of hydrogen-bond donors (Lipinski definition) is 2. The highest BCUT2D eigenvalue weighted by molar-refractivity contribution is 5.56. The van der Waals surface area contributed by atoms with Crippen LogP contribution >= 0.6 is 0 Å². The summed E-state index contributed by atoms with van der Waals surface area (Å²) < 4.78 is 13.3. The molecule has 112 valence electrons. The Balaban J connectivity index is 2.34. The average molecular weight is 289 g/mol. The molecule has 21 heavy (non-hydrogen) atoms. The Morgan fingerprint density at radius 3 is 2.62 bits per heavy atom. The molecule has 0 atom stereocenters. The zero-order chi connectivity index (χ0) is 15.6. The highest BCUT2D eigenvalue weighted by Crippen LogP contribution is 2.17.